The van der Waals surface area contributed by atoms with Crippen molar-refractivity contribution >= 4 is 22.7 Å². The molecule has 29 heavy (non-hydrogen) atoms. The second kappa shape index (κ2) is 6.83. The van der Waals surface area contributed by atoms with Crippen molar-refractivity contribution in [3.8, 4) is 23.5 Å². The third-order valence-electron chi connectivity index (χ3n) is 4.57. The number of aromatic hydroxyl groups is 1. The molecule has 3 amide bonds. The Balaban J connectivity index is 1.75. The van der Waals surface area contributed by atoms with Crippen LogP contribution in [-0.4, -0.2) is 39.2 Å². The van der Waals surface area contributed by atoms with E-state index in [4.69, 9.17) is 4.74 Å². The minimum Gasteiger partial charge on any atom is -0.497 e. The van der Waals surface area contributed by atoms with Gasteiger partial charge in [-0.25, -0.2) is 9.78 Å². The minimum absolute atomic E-state index is 0.0996. The molecule has 0 saturated carbocycles. The molecule has 1 aromatic carbocycles. The Labute approximate surface area is 164 Å². The summed E-state index contributed by atoms with van der Waals surface area (Å²) >= 11 is 0. The Morgan fingerprint density at radius 2 is 2.14 bits per heavy atom. The van der Waals surface area contributed by atoms with E-state index in [0.717, 1.165) is 11.5 Å². The SMILES string of the molecule is COc1ccc2cn(C[C@@]3(C#Cc4ccc(F)nc4)NC(=O)NC3=O)c(O)c2c1. The lowest BCUT2D eigenvalue weighted by Gasteiger charge is -2.20. The number of rotatable bonds is 3. The fourth-order valence-electron chi connectivity index (χ4n) is 3.09. The first-order chi connectivity index (χ1) is 13.9. The maximum absolute atomic E-state index is 13.0. The molecule has 146 valence electrons. The van der Waals surface area contributed by atoms with Crippen molar-refractivity contribution in [3.63, 3.8) is 0 Å². The molecule has 1 aliphatic heterocycles. The van der Waals surface area contributed by atoms with Crippen LogP contribution < -0.4 is 15.4 Å². The zero-order chi connectivity index (χ0) is 20.6. The summed E-state index contributed by atoms with van der Waals surface area (Å²) in [5.74, 6) is 4.63. The molecule has 1 fully saturated rings. The van der Waals surface area contributed by atoms with Crippen LogP contribution >= 0.6 is 0 Å². The summed E-state index contributed by atoms with van der Waals surface area (Å²) in [5.41, 5.74) is -1.26. The second-order valence-corrected chi connectivity index (χ2v) is 6.47. The number of hydrogen-bond donors (Lipinski definition) is 3. The monoisotopic (exact) mass is 394 g/mol. The van der Waals surface area contributed by atoms with Crippen LogP contribution in [0.3, 0.4) is 0 Å². The van der Waals surface area contributed by atoms with Crippen LogP contribution in [-0.2, 0) is 11.3 Å². The van der Waals surface area contributed by atoms with E-state index in [2.05, 4.69) is 27.5 Å². The number of urea groups is 1. The molecule has 2 aromatic heterocycles. The first-order valence-electron chi connectivity index (χ1n) is 8.54. The lowest BCUT2D eigenvalue weighted by atomic mass is 10.00. The maximum atomic E-state index is 13.0. The largest absolute Gasteiger partial charge is 0.497 e. The van der Waals surface area contributed by atoms with Gasteiger partial charge in [0.15, 0.2) is 5.88 Å². The lowest BCUT2D eigenvalue weighted by molar-refractivity contribution is -0.122. The van der Waals surface area contributed by atoms with Crippen molar-refractivity contribution in [2.24, 2.45) is 0 Å². The van der Waals surface area contributed by atoms with E-state index >= 15 is 0 Å². The Hall–Kier alpha value is -4.06. The van der Waals surface area contributed by atoms with Gasteiger partial charge in [-0.15, -0.1) is 0 Å². The van der Waals surface area contributed by atoms with Crippen LogP contribution in [0.15, 0.2) is 42.7 Å². The molecule has 0 spiro atoms. The van der Waals surface area contributed by atoms with Gasteiger partial charge in [0.05, 0.1) is 13.7 Å². The van der Waals surface area contributed by atoms with Gasteiger partial charge < -0.3 is 19.7 Å². The Kier molecular flexibility index (Phi) is 4.31. The fraction of sp³-hybridized carbons (Fsp3) is 0.150. The van der Waals surface area contributed by atoms with Crippen LogP contribution in [0.1, 0.15) is 5.56 Å². The van der Waals surface area contributed by atoms with Crippen molar-refractivity contribution < 1.29 is 23.8 Å². The molecule has 9 heteroatoms. The smallest absolute Gasteiger partial charge is 0.323 e. The summed E-state index contributed by atoms with van der Waals surface area (Å²) in [7, 11) is 1.52. The summed E-state index contributed by atoms with van der Waals surface area (Å²) in [5, 5.41) is 16.5. The molecule has 3 aromatic rings. The highest BCUT2D eigenvalue weighted by Gasteiger charge is 2.46. The van der Waals surface area contributed by atoms with Crippen LogP contribution in [0.2, 0.25) is 0 Å². The zero-order valence-corrected chi connectivity index (χ0v) is 15.2. The molecule has 0 bridgehead atoms. The lowest BCUT2D eigenvalue weighted by Crippen LogP contribution is -2.49. The zero-order valence-electron chi connectivity index (χ0n) is 15.2. The molecule has 1 saturated heterocycles. The van der Waals surface area contributed by atoms with E-state index in [1.54, 1.807) is 24.4 Å². The molecule has 3 heterocycles. The number of nitrogens with zero attached hydrogens (tertiary/aromatic N) is 2. The highest BCUT2D eigenvalue weighted by atomic mass is 19.1. The average molecular weight is 394 g/mol. The van der Waals surface area contributed by atoms with Gasteiger partial charge in [0, 0.05) is 28.7 Å². The van der Waals surface area contributed by atoms with Crippen LogP contribution in [0.5, 0.6) is 11.6 Å². The number of pyridine rings is 1. The predicted molar refractivity (Wildman–Crippen MR) is 101 cm³/mol. The Morgan fingerprint density at radius 3 is 2.79 bits per heavy atom. The Morgan fingerprint density at radius 1 is 1.31 bits per heavy atom. The van der Waals surface area contributed by atoms with Crippen molar-refractivity contribution in [2.45, 2.75) is 12.1 Å². The fourth-order valence-corrected chi connectivity index (χ4v) is 3.09. The number of imide groups is 1. The number of ether oxygens (including phenoxy) is 1. The van der Waals surface area contributed by atoms with Crippen molar-refractivity contribution in [1.82, 2.24) is 20.2 Å². The van der Waals surface area contributed by atoms with Crippen LogP contribution in [0.4, 0.5) is 9.18 Å². The Bertz CT molecular complexity index is 1190. The van der Waals surface area contributed by atoms with Crippen LogP contribution in [0.25, 0.3) is 10.8 Å². The number of amides is 3. The summed E-state index contributed by atoms with van der Waals surface area (Å²) < 4.78 is 19.6. The van der Waals surface area contributed by atoms with Gasteiger partial charge in [0.1, 0.15) is 5.75 Å². The van der Waals surface area contributed by atoms with Gasteiger partial charge in [-0.2, -0.15) is 4.39 Å². The number of methoxy groups -OCH3 is 1. The first kappa shape index (κ1) is 18.3. The number of benzene rings is 1. The van der Waals surface area contributed by atoms with E-state index in [0.29, 0.717) is 16.7 Å². The molecule has 0 aliphatic carbocycles. The summed E-state index contributed by atoms with van der Waals surface area (Å²) in [4.78, 5) is 27.8. The number of carbonyl (C=O) groups excluding carboxylic acids is 2. The number of aromatic nitrogens is 2. The number of nitrogens with one attached hydrogen (secondary N) is 2. The molecular formula is C20H15FN4O4. The molecule has 1 aliphatic rings. The van der Waals surface area contributed by atoms with Gasteiger partial charge in [-0.1, -0.05) is 11.8 Å². The molecule has 3 N–H and O–H groups in total. The topological polar surface area (TPSA) is 105 Å². The van der Waals surface area contributed by atoms with Crippen molar-refractivity contribution in [1.29, 1.82) is 0 Å². The van der Waals surface area contributed by atoms with E-state index in [1.807, 2.05) is 0 Å². The number of fused-ring (bicyclic) bond motifs is 1. The van der Waals surface area contributed by atoms with Gasteiger partial charge in [0.2, 0.25) is 11.5 Å². The molecule has 0 radical (unpaired) electrons. The summed E-state index contributed by atoms with van der Waals surface area (Å²) in [6.45, 7) is -0.144. The van der Waals surface area contributed by atoms with E-state index in [-0.39, 0.29) is 12.4 Å². The standard InChI is InChI=1S/C20H15FN4O4/c1-29-14-4-3-13-10-25(17(26)15(13)8-14)11-20(18(27)23-19(28)24-20)7-6-12-2-5-16(21)22-9-12/h2-5,8-10,26H,11H2,1H3,(H2,23,24,27,28)/t20-/m1/s1. The molecular weight excluding hydrogens is 379 g/mol. The van der Waals surface area contributed by atoms with Crippen LogP contribution in [0, 0.1) is 17.8 Å². The van der Waals surface area contributed by atoms with E-state index < -0.39 is 23.4 Å². The van der Waals surface area contributed by atoms with Gasteiger partial charge in [0.25, 0.3) is 5.91 Å². The second-order valence-electron chi connectivity index (χ2n) is 6.47. The number of halogens is 1. The molecule has 0 unspecified atom stereocenters. The predicted octanol–water partition coefficient (Wildman–Crippen LogP) is 1.52. The molecule has 1 atom stereocenters. The van der Waals surface area contributed by atoms with E-state index in [1.165, 1.54) is 23.9 Å². The normalized spacial score (nSPS) is 18.1. The summed E-state index contributed by atoms with van der Waals surface area (Å²) in [6.07, 6.45) is 2.86. The van der Waals surface area contributed by atoms with Gasteiger partial charge >= 0.3 is 6.03 Å². The quantitative estimate of drug-likeness (QED) is 0.355. The first-order valence-corrected chi connectivity index (χ1v) is 8.54. The third kappa shape index (κ3) is 3.32. The number of hydrogen-bond acceptors (Lipinski definition) is 5. The number of carbonyl (C=O) groups is 2. The third-order valence-corrected chi connectivity index (χ3v) is 4.57. The molecule has 8 nitrogen and oxygen atoms in total. The maximum Gasteiger partial charge on any atom is 0.323 e. The highest BCUT2D eigenvalue weighted by Crippen LogP contribution is 2.31. The van der Waals surface area contributed by atoms with Gasteiger partial charge in [-0.05, 0) is 30.3 Å². The highest BCUT2D eigenvalue weighted by molar-refractivity contribution is 6.09. The average Bonchev–Trinajstić information content (AvgIpc) is 3.16. The van der Waals surface area contributed by atoms with Crippen molar-refractivity contribution in [3.05, 3.63) is 54.2 Å². The van der Waals surface area contributed by atoms with E-state index in [9.17, 15) is 19.1 Å². The van der Waals surface area contributed by atoms with Crippen molar-refractivity contribution in [2.75, 3.05) is 7.11 Å². The summed E-state index contributed by atoms with van der Waals surface area (Å²) in [6, 6.07) is 7.03. The minimum atomic E-state index is -1.62. The van der Waals surface area contributed by atoms with Gasteiger partial charge in [-0.3, -0.25) is 10.1 Å². The molecule has 4 rings (SSSR count).